The second-order valence-corrected chi connectivity index (χ2v) is 3.24. The van der Waals surface area contributed by atoms with Crippen LogP contribution in [0.15, 0.2) is 12.1 Å². The monoisotopic (exact) mass is 180 g/mol. The minimum absolute atomic E-state index is 0.0179. The molecule has 0 aliphatic rings. The fourth-order valence-electron chi connectivity index (χ4n) is 1.70. The van der Waals surface area contributed by atoms with Crippen LogP contribution in [0.2, 0.25) is 0 Å². The maximum atomic E-state index is 13.7. The van der Waals surface area contributed by atoms with Crippen molar-refractivity contribution in [2.24, 2.45) is 0 Å². The molecule has 13 heavy (non-hydrogen) atoms. The average molecular weight is 180 g/mol. The third kappa shape index (κ3) is 1.90. The average Bonchev–Trinajstić information content (AvgIpc) is 2.17. The summed E-state index contributed by atoms with van der Waals surface area (Å²) in [5.74, 6) is 0.0179. The molecule has 0 aliphatic carbocycles. The van der Waals surface area contributed by atoms with Gasteiger partial charge in [0.05, 0.1) is 0 Å². The highest BCUT2D eigenvalue weighted by molar-refractivity contribution is 5.34. The van der Waals surface area contributed by atoms with E-state index in [1.54, 1.807) is 0 Å². The Bertz CT molecular complexity index is 289. The van der Waals surface area contributed by atoms with E-state index in [0.29, 0.717) is 0 Å². The minimum Gasteiger partial charge on any atom is -0.206 e. The van der Waals surface area contributed by atoms with Gasteiger partial charge in [-0.15, -0.1) is 0 Å². The topological polar surface area (TPSA) is 0 Å². The molecule has 0 saturated carbocycles. The van der Waals surface area contributed by atoms with Crippen LogP contribution in [0, 0.1) is 5.82 Å². The van der Waals surface area contributed by atoms with Crippen LogP contribution >= 0.6 is 0 Å². The summed E-state index contributed by atoms with van der Waals surface area (Å²) in [6.07, 6.45) is 2.50. The van der Waals surface area contributed by atoms with E-state index >= 15 is 0 Å². The molecule has 72 valence electrons. The van der Waals surface area contributed by atoms with Gasteiger partial charge in [0.2, 0.25) is 0 Å². The van der Waals surface area contributed by atoms with Crippen LogP contribution in [0.3, 0.4) is 0 Å². The van der Waals surface area contributed by atoms with Gasteiger partial charge in [-0.05, 0) is 36.0 Å². The lowest BCUT2D eigenvalue weighted by molar-refractivity contribution is 0.594. The molecule has 1 heteroatoms. The molecule has 0 unspecified atom stereocenters. The predicted octanol–water partition coefficient (Wildman–Crippen LogP) is 3.51. The number of benzene rings is 1. The molecule has 0 radical (unpaired) electrons. The summed E-state index contributed by atoms with van der Waals surface area (Å²) in [4.78, 5) is 0. The number of rotatable bonds is 3. The van der Waals surface area contributed by atoms with Gasteiger partial charge in [-0.25, -0.2) is 4.39 Å². The summed E-state index contributed by atoms with van der Waals surface area (Å²) in [6, 6.07) is 3.97. The molecule has 0 N–H and O–H groups in total. The highest BCUT2D eigenvalue weighted by atomic mass is 19.1. The van der Waals surface area contributed by atoms with Crippen molar-refractivity contribution < 1.29 is 4.39 Å². The molecule has 0 spiro atoms. The number of hydrogen-bond donors (Lipinski definition) is 0. The van der Waals surface area contributed by atoms with Crippen LogP contribution in [0.5, 0.6) is 0 Å². The Balaban J connectivity index is 3.23. The summed E-state index contributed by atoms with van der Waals surface area (Å²) >= 11 is 0. The predicted molar refractivity (Wildman–Crippen MR) is 54.5 cm³/mol. The first-order chi connectivity index (χ1) is 6.24. The molecular formula is C12H17F. The van der Waals surface area contributed by atoms with Crippen molar-refractivity contribution in [2.45, 2.75) is 40.0 Å². The summed E-state index contributed by atoms with van der Waals surface area (Å²) in [7, 11) is 0. The van der Waals surface area contributed by atoms with E-state index in [0.717, 1.165) is 36.0 Å². The van der Waals surface area contributed by atoms with Gasteiger partial charge in [-0.2, -0.15) is 0 Å². The van der Waals surface area contributed by atoms with Gasteiger partial charge in [-0.3, -0.25) is 0 Å². The fraction of sp³-hybridized carbons (Fsp3) is 0.500. The van der Waals surface area contributed by atoms with E-state index in [-0.39, 0.29) is 5.82 Å². The Morgan fingerprint density at radius 1 is 0.923 bits per heavy atom. The third-order valence-electron chi connectivity index (χ3n) is 2.54. The Kier molecular flexibility index (Phi) is 3.47. The van der Waals surface area contributed by atoms with Gasteiger partial charge in [0, 0.05) is 0 Å². The van der Waals surface area contributed by atoms with Gasteiger partial charge >= 0.3 is 0 Å². The molecule has 0 fully saturated rings. The molecule has 0 aromatic heterocycles. The zero-order valence-electron chi connectivity index (χ0n) is 8.65. The first kappa shape index (κ1) is 10.2. The zero-order valence-corrected chi connectivity index (χ0v) is 8.65. The van der Waals surface area contributed by atoms with Crippen molar-refractivity contribution in [3.05, 3.63) is 34.6 Å². The molecule has 1 aromatic rings. The molecule has 1 aromatic carbocycles. The zero-order chi connectivity index (χ0) is 9.84. The lowest BCUT2D eigenvalue weighted by Crippen LogP contribution is -1.99. The van der Waals surface area contributed by atoms with Gasteiger partial charge in [0.15, 0.2) is 0 Å². The minimum atomic E-state index is 0.0179. The molecular weight excluding hydrogens is 163 g/mol. The first-order valence-electron chi connectivity index (χ1n) is 5.03. The van der Waals surface area contributed by atoms with Gasteiger partial charge in [-0.1, -0.05) is 32.9 Å². The quantitative estimate of drug-likeness (QED) is 0.667. The van der Waals surface area contributed by atoms with Gasteiger partial charge in [0.25, 0.3) is 0 Å². The Morgan fingerprint density at radius 3 is 1.92 bits per heavy atom. The van der Waals surface area contributed by atoms with Crippen LogP contribution in [0.25, 0.3) is 0 Å². The second-order valence-electron chi connectivity index (χ2n) is 3.24. The van der Waals surface area contributed by atoms with Crippen LogP contribution in [0.4, 0.5) is 4.39 Å². The SMILES string of the molecule is CCc1ccc(CC)c(CC)c1F. The number of halogens is 1. The van der Waals surface area contributed by atoms with E-state index in [9.17, 15) is 4.39 Å². The molecule has 0 bridgehead atoms. The van der Waals surface area contributed by atoms with E-state index in [1.807, 2.05) is 19.9 Å². The summed E-state index contributed by atoms with van der Waals surface area (Å²) in [5, 5.41) is 0. The summed E-state index contributed by atoms with van der Waals surface area (Å²) < 4.78 is 13.7. The van der Waals surface area contributed by atoms with Crippen molar-refractivity contribution in [2.75, 3.05) is 0 Å². The van der Waals surface area contributed by atoms with Crippen LogP contribution in [-0.4, -0.2) is 0 Å². The van der Waals surface area contributed by atoms with Gasteiger partial charge < -0.3 is 0 Å². The lowest BCUT2D eigenvalue weighted by Gasteiger charge is -2.10. The lowest BCUT2D eigenvalue weighted by atomic mass is 9.98. The largest absolute Gasteiger partial charge is 0.206 e. The summed E-state index contributed by atoms with van der Waals surface area (Å²) in [5.41, 5.74) is 2.90. The fourth-order valence-corrected chi connectivity index (χ4v) is 1.70. The van der Waals surface area contributed by atoms with Crippen LogP contribution < -0.4 is 0 Å². The first-order valence-corrected chi connectivity index (χ1v) is 5.03. The number of aryl methyl sites for hydroxylation is 2. The molecule has 0 heterocycles. The Morgan fingerprint density at radius 2 is 1.46 bits per heavy atom. The highest BCUT2D eigenvalue weighted by Gasteiger charge is 2.08. The van der Waals surface area contributed by atoms with Gasteiger partial charge in [0.1, 0.15) is 5.82 Å². The molecule has 0 aliphatic heterocycles. The number of hydrogen-bond acceptors (Lipinski definition) is 0. The van der Waals surface area contributed by atoms with Crippen molar-refractivity contribution >= 4 is 0 Å². The molecule has 0 saturated heterocycles. The van der Waals surface area contributed by atoms with E-state index < -0.39 is 0 Å². The van der Waals surface area contributed by atoms with Crippen molar-refractivity contribution in [3.63, 3.8) is 0 Å². The van der Waals surface area contributed by atoms with Crippen LogP contribution in [0.1, 0.15) is 37.5 Å². The smallest absolute Gasteiger partial charge is 0.129 e. The normalized spacial score (nSPS) is 10.5. The van der Waals surface area contributed by atoms with Crippen molar-refractivity contribution in [1.82, 2.24) is 0 Å². The third-order valence-corrected chi connectivity index (χ3v) is 2.54. The van der Waals surface area contributed by atoms with E-state index in [2.05, 4.69) is 13.0 Å². The Labute approximate surface area is 79.8 Å². The van der Waals surface area contributed by atoms with E-state index in [1.165, 1.54) is 0 Å². The maximum absolute atomic E-state index is 13.7. The molecule has 0 nitrogen and oxygen atoms in total. The molecule has 1 rings (SSSR count). The van der Waals surface area contributed by atoms with E-state index in [4.69, 9.17) is 0 Å². The standard InChI is InChI=1S/C12H17F/c1-4-9-7-8-10(5-2)12(13)11(9)6-3/h7-8H,4-6H2,1-3H3. The van der Waals surface area contributed by atoms with Crippen molar-refractivity contribution in [1.29, 1.82) is 0 Å². The second kappa shape index (κ2) is 4.40. The maximum Gasteiger partial charge on any atom is 0.129 e. The Hall–Kier alpha value is -0.850. The molecule has 0 atom stereocenters. The highest BCUT2D eigenvalue weighted by Crippen LogP contribution is 2.19. The summed E-state index contributed by atoms with van der Waals surface area (Å²) in [6.45, 7) is 6.07. The van der Waals surface area contributed by atoms with Crippen molar-refractivity contribution in [3.8, 4) is 0 Å². The molecule has 0 amide bonds. The van der Waals surface area contributed by atoms with Crippen LogP contribution in [-0.2, 0) is 19.3 Å².